The van der Waals surface area contributed by atoms with Crippen LogP contribution in [-0.4, -0.2) is 36.5 Å². The van der Waals surface area contributed by atoms with E-state index in [-0.39, 0.29) is 35.3 Å². The van der Waals surface area contributed by atoms with Crippen molar-refractivity contribution >= 4 is 41.5 Å². The van der Waals surface area contributed by atoms with Gasteiger partial charge in [0.15, 0.2) is 0 Å². The van der Waals surface area contributed by atoms with Crippen molar-refractivity contribution in [2.45, 2.75) is 37.8 Å². The summed E-state index contributed by atoms with van der Waals surface area (Å²) >= 11 is 11.9. The van der Waals surface area contributed by atoms with Gasteiger partial charge >= 0.3 is 0 Å². The van der Waals surface area contributed by atoms with Crippen molar-refractivity contribution < 1.29 is 13.9 Å². The molecule has 8 heteroatoms. The van der Waals surface area contributed by atoms with Crippen LogP contribution in [0.1, 0.15) is 37.4 Å². The fourth-order valence-electron chi connectivity index (χ4n) is 3.52. The van der Waals surface area contributed by atoms with Gasteiger partial charge in [0, 0.05) is 29.6 Å². The lowest BCUT2D eigenvalue weighted by Gasteiger charge is -2.34. The number of halogens is 4. The maximum atomic E-state index is 13.7. The SMILES string of the molecule is Cl.N[C@@H]1CCC[C@H]1CC(=O)N1CCOC(c2cc(F)c(Cl)cc2Cl)C1. The van der Waals surface area contributed by atoms with Gasteiger partial charge in [0.2, 0.25) is 5.91 Å². The third-order valence-corrected chi connectivity index (χ3v) is 5.58. The number of morpholine rings is 1. The molecule has 1 aromatic carbocycles. The summed E-state index contributed by atoms with van der Waals surface area (Å²) in [6.07, 6.45) is 3.11. The van der Waals surface area contributed by atoms with Crippen molar-refractivity contribution in [3.05, 3.63) is 33.6 Å². The minimum Gasteiger partial charge on any atom is -0.370 e. The molecule has 1 aliphatic heterocycles. The summed E-state index contributed by atoms with van der Waals surface area (Å²) in [4.78, 5) is 14.3. The fourth-order valence-corrected chi connectivity index (χ4v) is 4.03. The van der Waals surface area contributed by atoms with Crippen molar-refractivity contribution in [1.82, 2.24) is 4.90 Å². The molecule has 1 saturated heterocycles. The molecule has 1 amide bonds. The Balaban J connectivity index is 0.00000225. The summed E-state index contributed by atoms with van der Waals surface area (Å²) in [5.74, 6) is -0.202. The van der Waals surface area contributed by atoms with Crippen LogP contribution in [0.4, 0.5) is 4.39 Å². The minimum absolute atomic E-state index is 0. The van der Waals surface area contributed by atoms with Crippen LogP contribution >= 0.6 is 35.6 Å². The second-order valence-corrected chi connectivity index (χ2v) is 7.36. The number of carbonyl (C=O) groups is 1. The molecular weight excluding hydrogens is 390 g/mol. The molecule has 2 N–H and O–H groups in total. The first-order chi connectivity index (χ1) is 11.5. The van der Waals surface area contributed by atoms with E-state index in [1.807, 2.05) is 0 Å². The number of nitrogens with zero attached hydrogens (tertiary/aromatic N) is 1. The zero-order chi connectivity index (χ0) is 17.3. The zero-order valence-corrected chi connectivity index (χ0v) is 16.0. The van der Waals surface area contributed by atoms with Crippen LogP contribution in [0.5, 0.6) is 0 Å². The second-order valence-electron chi connectivity index (χ2n) is 6.55. The number of nitrogens with two attached hydrogens (primary N) is 1. The molecule has 3 rings (SSSR count). The Morgan fingerprint density at radius 2 is 2.08 bits per heavy atom. The predicted molar refractivity (Wildman–Crippen MR) is 98.9 cm³/mol. The van der Waals surface area contributed by atoms with Gasteiger partial charge in [-0.25, -0.2) is 4.39 Å². The third kappa shape index (κ3) is 4.77. The predicted octanol–water partition coefficient (Wildman–Crippen LogP) is 3.97. The van der Waals surface area contributed by atoms with Gasteiger partial charge in [0.25, 0.3) is 0 Å². The second kappa shape index (κ2) is 8.87. The van der Waals surface area contributed by atoms with Gasteiger partial charge in [0.1, 0.15) is 11.9 Å². The number of amides is 1. The van der Waals surface area contributed by atoms with Crippen LogP contribution < -0.4 is 5.73 Å². The van der Waals surface area contributed by atoms with Crippen LogP contribution in [0.15, 0.2) is 12.1 Å². The normalized spacial score (nSPS) is 26.4. The summed E-state index contributed by atoms with van der Waals surface area (Å²) < 4.78 is 19.4. The standard InChI is InChI=1S/C17H21Cl2FN2O2.ClH/c18-12-8-13(19)14(20)7-11(12)16-9-22(4-5-24-16)17(23)6-10-2-1-3-15(10)21;/h7-8,10,15-16H,1-6,9,21H2;1H/t10-,15+,16?;/m0./s1. The quantitative estimate of drug-likeness (QED) is 0.766. The van der Waals surface area contributed by atoms with Crippen molar-refractivity contribution in [2.75, 3.05) is 19.7 Å². The van der Waals surface area contributed by atoms with E-state index in [0.29, 0.717) is 36.7 Å². The van der Waals surface area contributed by atoms with E-state index in [2.05, 4.69) is 0 Å². The van der Waals surface area contributed by atoms with Crippen molar-refractivity contribution in [3.8, 4) is 0 Å². The van der Waals surface area contributed by atoms with E-state index in [1.54, 1.807) is 4.90 Å². The molecule has 0 aromatic heterocycles. The molecule has 2 fully saturated rings. The summed E-state index contributed by atoms with van der Waals surface area (Å²) in [7, 11) is 0. The first kappa shape index (κ1) is 20.7. The molecular formula is C17H22Cl3FN2O2. The average molecular weight is 412 g/mol. The number of rotatable bonds is 3. The minimum atomic E-state index is -0.542. The highest BCUT2D eigenvalue weighted by molar-refractivity contribution is 6.35. The van der Waals surface area contributed by atoms with Crippen LogP contribution in [0.25, 0.3) is 0 Å². The summed E-state index contributed by atoms with van der Waals surface area (Å²) in [5.41, 5.74) is 6.58. The van der Waals surface area contributed by atoms with Gasteiger partial charge in [-0.2, -0.15) is 0 Å². The highest BCUT2D eigenvalue weighted by Gasteiger charge is 2.31. The molecule has 1 unspecified atom stereocenters. The summed E-state index contributed by atoms with van der Waals surface area (Å²) in [5, 5.41) is 0.321. The molecule has 0 spiro atoms. The molecule has 1 heterocycles. The Labute approximate surface area is 163 Å². The maximum Gasteiger partial charge on any atom is 0.223 e. The van der Waals surface area contributed by atoms with Gasteiger partial charge < -0.3 is 15.4 Å². The van der Waals surface area contributed by atoms with Crippen molar-refractivity contribution in [1.29, 1.82) is 0 Å². The van der Waals surface area contributed by atoms with Crippen LogP contribution in [0.2, 0.25) is 10.0 Å². The molecule has 0 radical (unpaired) electrons. The molecule has 0 bridgehead atoms. The van der Waals surface area contributed by atoms with E-state index in [9.17, 15) is 9.18 Å². The Morgan fingerprint density at radius 1 is 1.32 bits per heavy atom. The largest absolute Gasteiger partial charge is 0.370 e. The Bertz CT molecular complexity index is 632. The first-order valence-corrected chi connectivity index (χ1v) is 9.00. The highest BCUT2D eigenvalue weighted by atomic mass is 35.5. The van der Waals surface area contributed by atoms with Crippen molar-refractivity contribution in [2.24, 2.45) is 11.7 Å². The number of ether oxygens (including phenoxy) is 1. The Morgan fingerprint density at radius 3 is 2.76 bits per heavy atom. The molecule has 1 aliphatic carbocycles. The molecule has 1 saturated carbocycles. The van der Waals surface area contributed by atoms with Gasteiger partial charge in [-0.3, -0.25) is 4.79 Å². The maximum absolute atomic E-state index is 13.7. The van der Waals surface area contributed by atoms with E-state index in [0.717, 1.165) is 19.3 Å². The van der Waals surface area contributed by atoms with E-state index in [4.69, 9.17) is 33.7 Å². The lowest BCUT2D eigenvalue weighted by molar-refractivity contribution is -0.140. The molecule has 1 aromatic rings. The Hall–Kier alpha value is -0.590. The first-order valence-electron chi connectivity index (χ1n) is 8.25. The average Bonchev–Trinajstić information content (AvgIpc) is 2.96. The summed E-state index contributed by atoms with van der Waals surface area (Å²) in [6, 6.07) is 2.77. The fraction of sp³-hybridized carbons (Fsp3) is 0.588. The van der Waals surface area contributed by atoms with E-state index >= 15 is 0 Å². The molecule has 4 nitrogen and oxygen atoms in total. The number of hydrogen-bond donors (Lipinski definition) is 1. The van der Waals surface area contributed by atoms with Gasteiger partial charge in [-0.05, 0) is 30.9 Å². The third-order valence-electron chi connectivity index (χ3n) is 4.96. The Kier molecular flexibility index (Phi) is 7.35. The van der Waals surface area contributed by atoms with Gasteiger partial charge in [-0.15, -0.1) is 12.4 Å². The van der Waals surface area contributed by atoms with E-state index in [1.165, 1.54) is 12.1 Å². The molecule has 2 aliphatic rings. The topological polar surface area (TPSA) is 55.6 Å². The summed E-state index contributed by atoms with van der Waals surface area (Å²) in [6.45, 7) is 1.29. The lowest BCUT2D eigenvalue weighted by atomic mass is 9.99. The van der Waals surface area contributed by atoms with Gasteiger partial charge in [-0.1, -0.05) is 29.6 Å². The monoisotopic (exact) mass is 410 g/mol. The smallest absolute Gasteiger partial charge is 0.223 e. The molecule has 25 heavy (non-hydrogen) atoms. The van der Waals surface area contributed by atoms with Crippen LogP contribution in [-0.2, 0) is 9.53 Å². The number of benzene rings is 1. The van der Waals surface area contributed by atoms with Crippen LogP contribution in [0, 0.1) is 11.7 Å². The number of carbonyl (C=O) groups excluding carboxylic acids is 1. The van der Waals surface area contributed by atoms with Crippen molar-refractivity contribution in [3.63, 3.8) is 0 Å². The molecule has 3 atom stereocenters. The molecule has 140 valence electrons. The zero-order valence-electron chi connectivity index (χ0n) is 13.7. The van der Waals surface area contributed by atoms with Crippen LogP contribution in [0.3, 0.4) is 0 Å². The number of hydrogen-bond acceptors (Lipinski definition) is 3. The highest BCUT2D eigenvalue weighted by Crippen LogP contribution is 2.33. The van der Waals surface area contributed by atoms with Gasteiger partial charge in [0.05, 0.1) is 18.2 Å². The van der Waals surface area contributed by atoms with E-state index < -0.39 is 11.9 Å². The lowest BCUT2D eigenvalue weighted by Crippen LogP contribution is -2.43.